The summed E-state index contributed by atoms with van der Waals surface area (Å²) in [6.45, 7) is 5.06. The average Bonchev–Trinajstić information content (AvgIpc) is 3.33. The molecule has 2 heterocycles. The number of aromatic nitrogens is 1. The second-order valence-electron chi connectivity index (χ2n) is 9.75. The van der Waals surface area contributed by atoms with E-state index in [1.54, 1.807) is 19.1 Å². The summed E-state index contributed by atoms with van der Waals surface area (Å²) in [4.78, 5) is 29.7. The topological polar surface area (TPSA) is 82.0 Å². The minimum absolute atomic E-state index is 0.208. The third-order valence-corrected chi connectivity index (χ3v) is 7.33. The van der Waals surface area contributed by atoms with Crippen molar-refractivity contribution in [3.8, 4) is 17.2 Å². The molecule has 0 saturated heterocycles. The van der Waals surface area contributed by atoms with Crippen molar-refractivity contribution in [1.82, 2.24) is 14.8 Å². The first-order valence-electron chi connectivity index (χ1n) is 13.0. The van der Waals surface area contributed by atoms with E-state index in [9.17, 15) is 9.59 Å². The second kappa shape index (κ2) is 10.7. The fraction of sp³-hybridized carbons (Fsp3) is 0.290. The number of fused-ring (bicyclic) bond motifs is 3. The Morgan fingerprint density at radius 1 is 0.949 bits per heavy atom. The van der Waals surface area contributed by atoms with Crippen LogP contribution >= 0.6 is 0 Å². The first-order chi connectivity index (χ1) is 18.9. The van der Waals surface area contributed by atoms with Crippen molar-refractivity contribution in [3.05, 3.63) is 89.6 Å². The van der Waals surface area contributed by atoms with Gasteiger partial charge in [0.1, 0.15) is 17.0 Å². The van der Waals surface area contributed by atoms with Gasteiger partial charge in [-0.2, -0.15) is 0 Å². The lowest BCUT2D eigenvalue weighted by Crippen LogP contribution is -2.63. The minimum atomic E-state index is -1.17. The van der Waals surface area contributed by atoms with Crippen LogP contribution in [0.4, 0.5) is 0 Å². The van der Waals surface area contributed by atoms with Crippen LogP contribution in [0, 0.1) is 0 Å². The second-order valence-corrected chi connectivity index (χ2v) is 9.75. The molecule has 0 unspecified atom stereocenters. The molecule has 4 aromatic rings. The lowest BCUT2D eigenvalue weighted by atomic mass is 9.93. The summed E-state index contributed by atoms with van der Waals surface area (Å²) >= 11 is 0. The van der Waals surface area contributed by atoms with Gasteiger partial charge in [0.05, 0.1) is 27.4 Å². The van der Waals surface area contributed by atoms with E-state index in [0.717, 1.165) is 22.0 Å². The van der Waals surface area contributed by atoms with Crippen molar-refractivity contribution in [2.24, 2.45) is 0 Å². The number of hydrogen-bond acceptors (Lipinski definition) is 5. The summed E-state index contributed by atoms with van der Waals surface area (Å²) in [6.07, 6.45) is 0. The van der Waals surface area contributed by atoms with Crippen LogP contribution in [0.1, 0.15) is 35.5 Å². The highest BCUT2D eigenvalue weighted by Crippen LogP contribution is 2.35. The SMILES string of the molecule is CCOc1ccc(CN2C(=O)c3cc4ccccc4n3C[C@]2(C)C(=O)NCc2ccccc2OC)cc1OC. The number of carbonyl (C=O) groups excluding carboxylic acids is 2. The maximum Gasteiger partial charge on any atom is 0.271 e. The Hall–Kier alpha value is -4.46. The largest absolute Gasteiger partial charge is 0.496 e. The van der Waals surface area contributed by atoms with Gasteiger partial charge in [-0.05, 0) is 49.7 Å². The zero-order valence-corrected chi connectivity index (χ0v) is 22.7. The zero-order chi connectivity index (χ0) is 27.6. The molecule has 8 heteroatoms. The van der Waals surface area contributed by atoms with Crippen LogP contribution in [0.5, 0.6) is 17.2 Å². The van der Waals surface area contributed by atoms with E-state index in [1.807, 2.05) is 91.2 Å². The van der Waals surface area contributed by atoms with Gasteiger partial charge in [0.2, 0.25) is 5.91 Å². The normalized spacial score (nSPS) is 16.6. The molecule has 1 aromatic heterocycles. The summed E-state index contributed by atoms with van der Waals surface area (Å²) in [5, 5.41) is 4.03. The maximum absolute atomic E-state index is 14.1. The van der Waals surface area contributed by atoms with Crippen LogP contribution in [0.2, 0.25) is 0 Å². The van der Waals surface area contributed by atoms with Crippen LogP contribution in [-0.4, -0.2) is 47.6 Å². The van der Waals surface area contributed by atoms with Gasteiger partial charge in [-0.3, -0.25) is 9.59 Å². The van der Waals surface area contributed by atoms with E-state index in [4.69, 9.17) is 14.2 Å². The van der Waals surface area contributed by atoms with Crippen LogP contribution in [0.25, 0.3) is 10.9 Å². The van der Waals surface area contributed by atoms with E-state index in [0.29, 0.717) is 36.1 Å². The average molecular weight is 528 g/mol. The van der Waals surface area contributed by atoms with Gasteiger partial charge in [-0.1, -0.05) is 42.5 Å². The van der Waals surface area contributed by atoms with E-state index < -0.39 is 5.54 Å². The molecule has 8 nitrogen and oxygen atoms in total. The minimum Gasteiger partial charge on any atom is -0.496 e. The van der Waals surface area contributed by atoms with Crippen molar-refractivity contribution in [2.45, 2.75) is 39.0 Å². The van der Waals surface area contributed by atoms with E-state index in [1.165, 1.54) is 0 Å². The number of amides is 2. The van der Waals surface area contributed by atoms with Crippen molar-refractivity contribution in [2.75, 3.05) is 20.8 Å². The highest BCUT2D eigenvalue weighted by molar-refractivity contribution is 6.03. The highest BCUT2D eigenvalue weighted by Gasteiger charge is 2.47. The first-order valence-corrected chi connectivity index (χ1v) is 13.0. The van der Waals surface area contributed by atoms with Gasteiger partial charge in [-0.25, -0.2) is 0 Å². The molecule has 1 aliphatic heterocycles. The molecule has 2 amide bonds. The third-order valence-electron chi connectivity index (χ3n) is 7.33. The monoisotopic (exact) mass is 527 g/mol. The van der Waals surface area contributed by atoms with Crippen LogP contribution in [-0.2, 0) is 24.4 Å². The van der Waals surface area contributed by atoms with E-state index in [2.05, 4.69) is 5.32 Å². The standard InChI is InChI=1S/C31H33N3O5/c1-5-39-27-15-14-21(16-28(27)38-4)19-34-29(35)25-17-22-10-6-8-12-24(22)33(25)20-31(34,2)30(36)32-18-23-11-7-9-13-26(23)37-3/h6-17H,5,18-20H2,1-4H3,(H,32,36)/t31-/m1/s1. The number of para-hydroxylation sites is 2. The van der Waals surface area contributed by atoms with Gasteiger partial charge in [-0.15, -0.1) is 0 Å². The zero-order valence-electron chi connectivity index (χ0n) is 22.7. The molecular formula is C31H33N3O5. The van der Waals surface area contributed by atoms with Crippen molar-refractivity contribution in [1.29, 1.82) is 0 Å². The number of methoxy groups -OCH3 is 2. The maximum atomic E-state index is 14.1. The number of rotatable bonds is 9. The molecule has 0 radical (unpaired) electrons. The van der Waals surface area contributed by atoms with Crippen molar-refractivity contribution < 1.29 is 23.8 Å². The molecule has 1 atom stereocenters. The lowest BCUT2D eigenvalue weighted by molar-refractivity contribution is -0.133. The van der Waals surface area contributed by atoms with Gasteiger partial charge in [0.15, 0.2) is 11.5 Å². The smallest absolute Gasteiger partial charge is 0.271 e. The first kappa shape index (κ1) is 26.2. The number of carbonyl (C=O) groups is 2. The van der Waals surface area contributed by atoms with Gasteiger partial charge in [0.25, 0.3) is 5.91 Å². The van der Waals surface area contributed by atoms with Crippen LogP contribution < -0.4 is 19.5 Å². The Bertz CT molecular complexity index is 1530. The Balaban J connectivity index is 1.52. The molecule has 3 aromatic carbocycles. The molecule has 0 aliphatic carbocycles. The predicted molar refractivity (Wildman–Crippen MR) is 149 cm³/mol. The molecular weight excluding hydrogens is 494 g/mol. The highest BCUT2D eigenvalue weighted by atomic mass is 16.5. The third kappa shape index (κ3) is 4.78. The van der Waals surface area contributed by atoms with Crippen LogP contribution in [0.3, 0.4) is 0 Å². The molecule has 0 spiro atoms. The van der Waals surface area contributed by atoms with Crippen LogP contribution in [0.15, 0.2) is 72.8 Å². The Morgan fingerprint density at radius 2 is 1.69 bits per heavy atom. The molecule has 202 valence electrons. The number of nitrogens with zero attached hydrogens (tertiary/aromatic N) is 2. The predicted octanol–water partition coefficient (Wildman–Crippen LogP) is 4.79. The van der Waals surface area contributed by atoms with Gasteiger partial charge >= 0.3 is 0 Å². The molecule has 0 fully saturated rings. The summed E-state index contributed by atoms with van der Waals surface area (Å²) in [5.41, 5.74) is 2.00. The Kier molecular flexibility index (Phi) is 7.19. The fourth-order valence-electron chi connectivity index (χ4n) is 5.24. The quantitative estimate of drug-likeness (QED) is 0.339. The number of hydrogen-bond donors (Lipinski definition) is 1. The number of nitrogens with one attached hydrogen (secondary N) is 1. The Morgan fingerprint density at radius 3 is 2.46 bits per heavy atom. The fourth-order valence-corrected chi connectivity index (χ4v) is 5.24. The van der Waals surface area contributed by atoms with E-state index in [-0.39, 0.29) is 24.9 Å². The molecule has 39 heavy (non-hydrogen) atoms. The number of ether oxygens (including phenoxy) is 3. The van der Waals surface area contributed by atoms with E-state index >= 15 is 0 Å². The molecule has 0 saturated carbocycles. The van der Waals surface area contributed by atoms with Crippen molar-refractivity contribution >= 4 is 22.7 Å². The molecule has 0 bridgehead atoms. The number of benzene rings is 3. The summed E-state index contributed by atoms with van der Waals surface area (Å²) in [7, 11) is 3.19. The summed E-state index contributed by atoms with van der Waals surface area (Å²) in [6, 6.07) is 22.9. The van der Waals surface area contributed by atoms with Gasteiger partial charge in [0, 0.05) is 29.6 Å². The summed E-state index contributed by atoms with van der Waals surface area (Å²) < 4.78 is 18.6. The summed E-state index contributed by atoms with van der Waals surface area (Å²) in [5.74, 6) is 1.45. The Labute approximate surface area is 228 Å². The van der Waals surface area contributed by atoms with Gasteiger partial charge < -0.3 is 29.0 Å². The molecule has 1 aliphatic rings. The molecule has 5 rings (SSSR count). The molecule has 1 N–H and O–H groups in total. The van der Waals surface area contributed by atoms with Crippen molar-refractivity contribution in [3.63, 3.8) is 0 Å². The lowest BCUT2D eigenvalue weighted by Gasteiger charge is -2.44.